The summed E-state index contributed by atoms with van der Waals surface area (Å²) in [6, 6.07) is 3.30. The van der Waals surface area contributed by atoms with Crippen molar-refractivity contribution in [2.75, 3.05) is 54.2 Å². The fourth-order valence-electron chi connectivity index (χ4n) is 8.66. The molecule has 0 saturated heterocycles. The Morgan fingerprint density at radius 2 is 0.833 bits per heavy atom. The van der Waals surface area contributed by atoms with E-state index in [9.17, 15) is 9.59 Å². The summed E-state index contributed by atoms with van der Waals surface area (Å²) >= 11 is 0. The monoisotopic (exact) mass is 790 g/mol. The Hall–Kier alpha value is -3.15. The van der Waals surface area contributed by atoms with Crippen LogP contribution in [0.25, 0.3) is 32.7 Å². The van der Waals surface area contributed by atoms with Crippen LogP contribution >= 0.6 is 0 Å². The van der Waals surface area contributed by atoms with Crippen molar-refractivity contribution < 1.29 is 46.1 Å². The van der Waals surface area contributed by atoms with Gasteiger partial charge in [-0.25, -0.2) is 9.59 Å². The number of benzene rings is 2. The van der Waals surface area contributed by atoms with E-state index in [4.69, 9.17) is 46.1 Å². The van der Waals surface area contributed by atoms with Gasteiger partial charge in [0.15, 0.2) is 36.3 Å². The first-order chi connectivity index (χ1) is 25.5. The molecule has 14 heteroatoms. The first-order valence-electron chi connectivity index (χ1n) is 19.1. The van der Waals surface area contributed by atoms with Gasteiger partial charge in [0.2, 0.25) is 11.5 Å². The maximum atomic E-state index is 14.2. The van der Waals surface area contributed by atoms with Gasteiger partial charge in [0.05, 0.1) is 37.2 Å². The molecule has 0 amide bonds. The Labute approximate surface area is 321 Å². The van der Waals surface area contributed by atoms with Crippen LogP contribution in [-0.2, 0) is 18.9 Å². The first-order valence-corrected chi connectivity index (χ1v) is 23.4. The molecule has 0 radical (unpaired) electrons. The van der Waals surface area contributed by atoms with Crippen molar-refractivity contribution in [2.45, 2.75) is 116 Å². The molecule has 2 heterocycles. The maximum Gasteiger partial charge on any atom is 0.344 e. The van der Waals surface area contributed by atoms with Crippen molar-refractivity contribution in [3.05, 3.63) is 33.0 Å². The Morgan fingerprint density at radius 1 is 0.519 bits per heavy atom. The molecule has 2 aromatic carbocycles. The predicted molar refractivity (Wildman–Crippen MR) is 217 cm³/mol. The normalized spacial score (nSPS) is 13.0. The van der Waals surface area contributed by atoms with E-state index in [1.54, 1.807) is 26.4 Å². The van der Waals surface area contributed by atoms with E-state index in [0.29, 0.717) is 35.5 Å². The summed E-state index contributed by atoms with van der Waals surface area (Å²) in [6.07, 6.45) is 0. The van der Waals surface area contributed by atoms with E-state index in [1.165, 1.54) is 0 Å². The molecule has 0 fully saturated rings. The van der Waals surface area contributed by atoms with Crippen LogP contribution in [0.2, 0.25) is 33.2 Å². The topological polar surface area (TPSA) is 134 Å². The largest absolute Gasteiger partial charge is 0.540 e. The van der Waals surface area contributed by atoms with Gasteiger partial charge in [-0.3, -0.25) is 0 Å². The highest BCUT2D eigenvalue weighted by Crippen LogP contribution is 2.51. The highest BCUT2D eigenvalue weighted by molar-refractivity contribution is 6.78. The summed E-state index contributed by atoms with van der Waals surface area (Å²) in [4.78, 5) is 28.5. The smallest absolute Gasteiger partial charge is 0.344 e. The summed E-state index contributed by atoms with van der Waals surface area (Å²) in [5.41, 5.74) is -0.0516. The first kappa shape index (κ1) is 43.6. The van der Waals surface area contributed by atoms with Crippen LogP contribution in [-0.4, -0.2) is 70.9 Å². The van der Waals surface area contributed by atoms with Crippen LogP contribution in [0.1, 0.15) is 83.1 Å². The van der Waals surface area contributed by atoms with Crippen LogP contribution in [0.3, 0.4) is 0 Å². The minimum atomic E-state index is -2.62. The van der Waals surface area contributed by atoms with Gasteiger partial charge < -0.3 is 46.1 Å². The molecule has 0 bridgehead atoms. The van der Waals surface area contributed by atoms with Gasteiger partial charge in [-0.05, 0) is 45.4 Å². The Morgan fingerprint density at radius 3 is 1.11 bits per heavy atom. The van der Waals surface area contributed by atoms with Gasteiger partial charge in [0.1, 0.15) is 0 Å². The lowest BCUT2D eigenvalue weighted by Gasteiger charge is -2.42. The SMILES string of the molecule is COCCOCOc1c(O[Si](C(C)C)(C(C)C)C(C)C)cc2c(=O)oc3c(OCOCCOC)c(O[Si](C(C)C)(C(C)C)C(C)C)cc4c(=O)oc1c2c34. The average Bonchev–Trinajstić information content (AvgIpc) is 3.09. The number of rotatable bonds is 22. The zero-order valence-corrected chi connectivity index (χ0v) is 36.8. The summed E-state index contributed by atoms with van der Waals surface area (Å²) < 4.78 is 60.9. The van der Waals surface area contributed by atoms with Crippen LogP contribution in [0.15, 0.2) is 30.6 Å². The summed E-state index contributed by atoms with van der Waals surface area (Å²) in [5, 5.41) is 1.05. The van der Waals surface area contributed by atoms with Crippen molar-refractivity contribution >= 4 is 49.3 Å². The van der Waals surface area contributed by atoms with Crippen molar-refractivity contribution in [2.24, 2.45) is 0 Å². The van der Waals surface area contributed by atoms with Crippen LogP contribution in [0.4, 0.5) is 0 Å². The van der Waals surface area contributed by atoms with Crippen LogP contribution < -0.4 is 29.6 Å². The molecule has 0 spiro atoms. The molecular formula is C40H62O12Si2. The Kier molecular flexibility index (Phi) is 14.7. The fourth-order valence-corrected chi connectivity index (χ4v) is 19.1. The van der Waals surface area contributed by atoms with Gasteiger partial charge in [-0.2, -0.15) is 0 Å². The van der Waals surface area contributed by atoms with Gasteiger partial charge in [0.25, 0.3) is 16.6 Å². The minimum Gasteiger partial charge on any atom is -0.540 e. The quantitative estimate of drug-likeness (QED) is 0.0247. The molecule has 0 N–H and O–H groups in total. The second-order valence-corrected chi connectivity index (χ2v) is 26.6. The summed E-state index contributed by atoms with van der Waals surface area (Å²) in [6.45, 7) is 26.9. The third-order valence-electron chi connectivity index (χ3n) is 10.9. The van der Waals surface area contributed by atoms with E-state index < -0.39 is 27.9 Å². The lowest BCUT2D eigenvalue weighted by molar-refractivity contribution is -0.00907. The maximum absolute atomic E-state index is 14.2. The van der Waals surface area contributed by atoms with Crippen LogP contribution in [0.5, 0.6) is 23.0 Å². The zero-order valence-electron chi connectivity index (χ0n) is 34.8. The predicted octanol–water partition coefficient (Wildman–Crippen LogP) is 9.60. The van der Waals surface area contributed by atoms with E-state index in [1.807, 2.05) is 0 Å². The second-order valence-electron chi connectivity index (χ2n) is 15.9. The Bertz CT molecular complexity index is 1760. The molecular weight excluding hydrogens is 729 g/mol. The third-order valence-corrected chi connectivity index (χ3v) is 22.9. The zero-order chi connectivity index (χ0) is 40.1. The van der Waals surface area contributed by atoms with E-state index in [0.717, 1.165) is 0 Å². The van der Waals surface area contributed by atoms with Gasteiger partial charge in [-0.15, -0.1) is 0 Å². The molecule has 4 aromatic rings. The second kappa shape index (κ2) is 18.2. The number of methoxy groups -OCH3 is 2. The lowest BCUT2D eigenvalue weighted by atomic mass is 10.0. The third kappa shape index (κ3) is 8.19. The van der Waals surface area contributed by atoms with E-state index in [2.05, 4.69) is 83.1 Å². The molecule has 0 unspecified atom stereocenters. The standard InChI is InChI=1S/C40H62O12Si2/c1-23(2)53(24(3)4,25(5)6)51-31-19-29-33-34-30(40(42)49-37(33)35(31)47-21-45-17-15-43-13)20-32(52-54(26(7)8,27(9)10)28(11)12)36(38(34)50-39(29)41)48-22-46-18-16-44-14/h19-20,23-28H,15-18,21-22H2,1-14H3. The Balaban J connectivity index is 2.12. The average molecular weight is 791 g/mol. The molecule has 4 rings (SSSR count). The molecule has 302 valence electrons. The molecule has 12 nitrogen and oxygen atoms in total. The number of ether oxygens (including phenoxy) is 6. The molecule has 0 atom stereocenters. The van der Waals surface area contributed by atoms with Gasteiger partial charge >= 0.3 is 11.3 Å². The van der Waals surface area contributed by atoms with Gasteiger partial charge in [-0.1, -0.05) is 83.1 Å². The molecule has 2 aromatic heterocycles. The minimum absolute atomic E-state index is 0.0543. The van der Waals surface area contributed by atoms with E-state index >= 15 is 0 Å². The van der Waals surface area contributed by atoms with E-state index in [-0.39, 0.29) is 93.5 Å². The number of hydrogen-bond acceptors (Lipinski definition) is 12. The van der Waals surface area contributed by atoms with Gasteiger partial charge in [0, 0.05) is 25.0 Å². The van der Waals surface area contributed by atoms with Crippen LogP contribution in [0, 0.1) is 0 Å². The van der Waals surface area contributed by atoms with Crippen molar-refractivity contribution in [3.63, 3.8) is 0 Å². The van der Waals surface area contributed by atoms with Crippen molar-refractivity contribution in [1.29, 1.82) is 0 Å². The summed E-state index contributed by atoms with van der Waals surface area (Å²) in [5.74, 6) is 0.925. The fraction of sp³-hybridized carbons (Fsp3) is 0.650. The molecule has 0 aliphatic carbocycles. The highest BCUT2D eigenvalue weighted by atomic mass is 28.4. The lowest BCUT2D eigenvalue weighted by Crippen LogP contribution is -2.50. The number of hydrogen-bond donors (Lipinski definition) is 0. The molecule has 0 aliphatic heterocycles. The summed E-state index contributed by atoms with van der Waals surface area (Å²) in [7, 11) is -2.06. The van der Waals surface area contributed by atoms with Crippen molar-refractivity contribution in [1.82, 2.24) is 0 Å². The highest BCUT2D eigenvalue weighted by Gasteiger charge is 2.49. The molecule has 0 aliphatic rings. The molecule has 54 heavy (non-hydrogen) atoms. The van der Waals surface area contributed by atoms with Crippen molar-refractivity contribution in [3.8, 4) is 23.0 Å². The molecule has 0 saturated carbocycles.